The van der Waals surface area contributed by atoms with Gasteiger partial charge in [0.15, 0.2) is 5.65 Å². The SMILES string of the molecule is Cc1ccc(OC(=O)Cn2cnc3c(cnn3C)c2=O)c(C)c1. The molecular formula is C16H16N4O3. The van der Waals surface area contributed by atoms with Gasteiger partial charge in [-0.2, -0.15) is 5.10 Å². The molecule has 0 amide bonds. The number of ether oxygens (including phenoxy) is 1. The number of esters is 1. The molecule has 1 aromatic carbocycles. The topological polar surface area (TPSA) is 79.0 Å². The summed E-state index contributed by atoms with van der Waals surface area (Å²) in [5.41, 5.74) is 2.12. The van der Waals surface area contributed by atoms with E-state index in [1.165, 1.54) is 21.8 Å². The predicted molar refractivity (Wildman–Crippen MR) is 84.3 cm³/mol. The largest absolute Gasteiger partial charge is 0.425 e. The average molecular weight is 312 g/mol. The molecule has 118 valence electrons. The quantitative estimate of drug-likeness (QED) is 0.539. The number of benzene rings is 1. The standard InChI is InChI=1S/C16H16N4O3/c1-10-4-5-13(11(2)6-10)23-14(21)8-20-9-17-15-12(16(20)22)7-18-19(15)3/h4-7,9H,8H2,1-3H3. The second-order valence-corrected chi connectivity index (χ2v) is 5.43. The maximum Gasteiger partial charge on any atom is 0.331 e. The number of aromatic nitrogens is 4. The third kappa shape index (κ3) is 2.85. The van der Waals surface area contributed by atoms with Gasteiger partial charge in [-0.1, -0.05) is 17.7 Å². The van der Waals surface area contributed by atoms with E-state index in [1.54, 1.807) is 13.1 Å². The Kier molecular flexibility index (Phi) is 3.69. The van der Waals surface area contributed by atoms with Crippen molar-refractivity contribution in [1.29, 1.82) is 0 Å². The van der Waals surface area contributed by atoms with Crippen LogP contribution in [0.2, 0.25) is 0 Å². The number of nitrogens with zero attached hydrogens (tertiary/aromatic N) is 4. The minimum Gasteiger partial charge on any atom is -0.425 e. The zero-order valence-corrected chi connectivity index (χ0v) is 13.1. The van der Waals surface area contributed by atoms with E-state index < -0.39 is 5.97 Å². The second-order valence-electron chi connectivity index (χ2n) is 5.43. The Labute approximate surface area is 132 Å². The highest BCUT2D eigenvalue weighted by Gasteiger charge is 2.13. The van der Waals surface area contributed by atoms with Crippen LogP contribution in [0.4, 0.5) is 0 Å². The molecule has 0 N–H and O–H groups in total. The van der Waals surface area contributed by atoms with Gasteiger partial charge in [0.25, 0.3) is 5.56 Å². The molecule has 0 aliphatic rings. The lowest BCUT2D eigenvalue weighted by molar-refractivity contribution is -0.135. The number of rotatable bonds is 3. The summed E-state index contributed by atoms with van der Waals surface area (Å²) in [5, 5.41) is 4.36. The van der Waals surface area contributed by atoms with E-state index >= 15 is 0 Å². The van der Waals surface area contributed by atoms with Crippen molar-refractivity contribution in [2.75, 3.05) is 0 Å². The Hall–Kier alpha value is -2.96. The van der Waals surface area contributed by atoms with Gasteiger partial charge < -0.3 is 4.74 Å². The van der Waals surface area contributed by atoms with Gasteiger partial charge in [0.1, 0.15) is 24.0 Å². The lowest BCUT2D eigenvalue weighted by atomic mass is 10.1. The molecule has 3 aromatic rings. The number of aryl methyl sites for hydroxylation is 3. The molecule has 7 nitrogen and oxygen atoms in total. The first-order valence-electron chi connectivity index (χ1n) is 7.11. The fraction of sp³-hybridized carbons (Fsp3) is 0.250. The molecule has 0 fully saturated rings. The van der Waals surface area contributed by atoms with E-state index in [4.69, 9.17) is 4.74 Å². The fourth-order valence-electron chi connectivity index (χ4n) is 2.39. The maximum absolute atomic E-state index is 12.3. The first kappa shape index (κ1) is 15.0. The summed E-state index contributed by atoms with van der Waals surface area (Å²) in [5.74, 6) is -0.0341. The summed E-state index contributed by atoms with van der Waals surface area (Å²) in [6.45, 7) is 3.63. The first-order valence-corrected chi connectivity index (χ1v) is 7.11. The van der Waals surface area contributed by atoms with Crippen LogP contribution in [0.1, 0.15) is 11.1 Å². The zero-order valence-electron chi connectivity index (χ0n) is 13.1. The molecule has 3 rings (SSSR count). The van der Waals surface area contributed by atoms with Gasteiger partial charge in [-0.05, 0) is 25.5 Å². The molecular weight excluding hydrogens is 296 g/mol. The van der Waals surface area contributed by atoms with Crippen LogP contribution in [0.25, 0.3) is 11.0 Å². The third-order valence-electron chi connectivity index (χ3n) is 3.57. The Balaban J connectivity index is 1.83. The van der Waals surface area contributed by atoms with Crippen molar-refractivity contribution in [1.82, 2.24) is 19.3 Å². The Morgan fingerprint density at radius 1 is 1.30 bits per heavy atom. The molecule has 0 aliphatic heterocycles. The van der Waals surface area contributed by atoms with Crippen LogP contribution in [0, 0.1) is 13.8 Å². The minimum atomic E-state index is -0.524. The van der Waals surface area contributed by atoms with Crippen molar-refractivity contribution in [2.24, 2.45) is 7.05 Å². The molecule has 7 heteroatoms. The van der Waals surface area contributed by atoms with Crippen LogP contribution in [0.5, 0.6) is 5.75 Å². The van der Waals surface area contributed by atoms with Gasteiger partial charge in [-0.3, -0.25) is 14.0 Å². The lowest BCUT2D eigenvalue weighted by Crippen LogP contribution is -2.27. The highest BCUT2D eigenvalue weighted by Crippen LogP contribution is 2.18. The van der Waals surface area contributed by atoms with Crippen LogP contribution < -0.4 is 10.3 Å². The summed E-state index contributed by atoms with van der Waals surface area (Å²) in [6.07, 6.45) is 2.77. The van der Waals surface area contributed by atoms with E-state index in [9.17, 15) is 9.59 Å². The Morgan fingerprint density at radius 3 is 2.83 bits per heavy atom. The van der Waals surface area contributed by atoms with E-state index in [-0.39, 0.29) is 12.1 Å². The van der Waals surface area contributed by atoms with Gasteiger partial charge in [0.2, 0.25) is 0 Å². The second kappa shape index (κ2) is 5.68. The maximum atomic E-state index is 12.3. The van der Waals surface area contributed by atoms with Crippen molar-refractivity contribution < 1.29 is 9.53 Å². The highest BCUT2D eigenvalue weighted by atomic mass is 16.5. The molecule has 0 aliphatic carbocycles. The molecule has 0 bridgehead atoms. The summed E-state index contributed by atoms with van der Waals surface area (Å²) in [7, 11) is 1.70. The van der Waals surface area contributed by atoms with Crippen LogP contribution in [0.15, 0.2) is 35.5 Å². The number of carbonyl (C=O) groups is 1. The van der Waals surface area contributed by atoms with Crippen molar-refractivity contribution >= 4 is 17.0 Å². The number of fused-ring (bicyclic) bond motifs is 1. The van der Waals surface area contributed by atoms with Gasteiger partial charge in [0, 0.05) is 7.05 Å². The number of hydrogen-bond donors (Lipinski definition) is 0. The van der Waals surface area contributed by atoms with Crippen molar-refractivity contribution in [2.45, 2.75) is 20.4 Å². The predicted octanol–water partition coefficient (Wildman–Crippen LogP) is 1.35. The van der Waals surface area contributed by atoms with E-state index in [0.29, 0.717) is 16.8 Å². The molecule has 2 heterocycles. The van der Waals surface area contributed by atoms with Gasteiger partial charge >= 0.3 is 5.97 Å². The van der Waals surface area contributed by atoms with E-state index in [1.807, 2.05) is 26.0 Å². The summed E-state index contributed by atoms with van der Waals surface area (Å²) in [6, 6.07) is 5.54. The van der Waals surface area contributed by atoms with Crippen LogP contribution in [-0.2, 0) is 18.4 Å². The van der Waals surface area contributed by atoms with Crippen molar-refractivity contribution in [3.8, 4) is 5.75 Å². The minimum absolute atomic E-state index is 0.204. The normalized spacial score (nSPS) is 10.9. The first-order chi connectivity index (χ1) is 11.0. The molecule has 0 saturated heterocycles. The van der Waals surface area contributed by atoms with Crippen LogP contribution in [0.3, 0.4) is 0 Å². The molecule has 23 heavy (non-hydrogen) atoms. The van der Waals surface area contributed by atoms with Crippen LogP contribution >= 0.6 is 0 Å². The molecule has 2 aromatic heterocycles. The Bertz CT molecular complexity index is 956. The van der Waals surface area contributed by atoms with Crippen LogP contribution in [-0.4, -0.2) is 25.3 Å². The van der Waals surface area contributed by atoms with E-state index in [2.05, 4.69) is 10.1 Å². The molecule has 0 atom stereocenters. The molecule has 0 radical (unpaired) electrons. The summed E-state index contributed by atoms with van der Waals surface area (Å²) < 4.78 is 8.06. The summed E-state index contributed by atoms with van der Waals surface area (Å²) >= 11 is 0. The number of carbonyl (C=O) groups excluding carboxylic acids is 1. The van der Waals surface area contributed by atoms with Gasteiger partial charge in [-0.15, -0.1) is 0 Å². The van der Waals surface area contributed by atoms with Gasteiger partial charge in [-0.25, -0.2) is 9.78 Å². The highest BCUT2D eigenvalue weighted by molar-refractivity contribution is 5.75. The molecule has 0 spiro atoms. The third-order valence-corrected chi connectivity index (χ3v) is 3.57. The molecule has 0 unspecified atom stereocenters. The fourth-order valence-corrected chi connectivity index (χ4v) is 2.39. The summed E-state index contributed by atoms with van der Waals surface area (Å²) in [4.78, 5) is 28.5. The van der Waals surface area contributed by atoms with Gasteiger partial charge in [0.05, 0.1) is 6.20 Å². The smallest absolute Gasteiger partial charge is 0.331 e. The van der Waals surface area contributed by atoms with Crippen molar-refractivity contribution in [3.63, 3.8) is 0 Å². The lowest BCUT2D eigenvalue weighted by Gasteiger charge is -2.09. The van der Waals surface area contributed by atoms with Crippen molar-refractivity contribution in [3.05, 3.63) is 52.2 Å². The van der Waals surface area contributed by atoms with E-state index in [0.717, 1.165) is 11.1 Å². The monoisotopic (exact) mass is 312 g/mol. The number of hydrogen-bond acceptors (Lipinski definition) is 5. The molecule has 0 saturated carbocycles. The Morgan fingerprint density at radius 2 is 2.09 bits per heavy atom. The zero-order chi connectivity index (χ0) is 16.6. The average Bonchev–Trinajstić information content (AvgIpc) is 2.87.